The summed E-state index contributed by atoms with van der Waals surface area (Å²) in [6, 6.07) is 3.29. The van der Waals surface area contributed by atoms with E-state index in [-0.39, 0.29) is 4.90 Å². The van der Waals surface area contributed by atoms with Crippen molar-refractivity contribution in [3.8, 4) is 0 Å². The Kier molecular flexibility index (Phi) is 3.10. The van der Waals surface area contributed by atoms with Gasteiger partial charge in [-0.3, -0.25) is 0 Å². The zero-order valence-corrected chi connectivity index (χ0v) is 10.5. The van der Waals surface area contributed by atoms with Gasteiger partial charge in [0.15, 0.2) is 0 Å². The van der Waals surface area contributed by atoms with Crippen LogP contribution in [-0.2, 0) is 16.4 Å². The second-order valence-electron chi connectivity index (χ2n) is 3.62. The van der Waals surface area contributed by atoms with Crippen LogP contribution < -0.4 is 10.0 Å². The Morgan fingerprint density at radius 2 is 2.25 bits per heavy atom. The van der Waals surface area contributed by atoms with Crippen molar-refractivity contribution in [1.82, 2.24) is 4.72 Å². The van der Waals surface area contributed by atoms with E-state index in [2.05, 4.69) is 10.0 Å². The van der Waals surface area contributed by atoms with Crippen molar-refractivity contribution in [1.29, 1.82) is 0 Å². The summed E-state index contributed by atoms with van der Waals surface area (Å²) in [5.41, 5.74) is 1.65. The van der Waals surface area contributed by atoms with E-state index in [4.69, 9.17) is 11.6 Å². The molecule has 0 bridgehead atoms. The molecule has 0 amide bonds. The SMILES string of the molecule is CCNS(=O)(=O)c1cc(Cl)cc2c1NCC2. The van der Waals surface area contributed by atoms with Gasteiger partial charge < -0.3 is 5.32 Å². The Hall–Kier alpha value is -0.780. The first-order valence-corrected chi connectivity index (χ1v) is 6.96. The van der Waals surface area contributed by atoms with Gasteiger partial charge in [0.2, 0.25) is 10.0 Å². The van der Waals surface area contributed by atoms with Crippen LogP contribution in [0, 0.1) is 0 Å². The topological polar surface area (TPSA) is 58.2 Å². The van der Waals surface area contributed by atoms with Crippen LogP contribution >= 0.6 is 11.6 Å². The highest BCUT2D eigenvalue weighted by Gasteiger charge is 2.23. The first kappa shape index (κ1) is 11.7. The molecule has 1 heterocycles. The van der Waals surface area contributed by atoms with Gasteiger partial charge in [-0.05, 0) is 24.1 Å². The number of benzene rings is 1. The first-order valence-electron chi connectivity index (χ1n) is 5.10. The minimum absolute atomic E-state index is 0.245. The number of halogens is 1. The molecule has 1 aromatic carbocycles. The van der Waals surface area contributed by atoms with E-state index >= 15 is 0 Å². The average Bonchev–Trinajstić information content (AvgIpc) is 2.63. The summed E-state index contributed by atoms with van der Waals surface area (Å²) in [6.45, 7) is 2.86. The fourth-order valence-corrected chi connectivity index (χ4v) is 3.43. The lowest BCUT2D eigenvalue weighted by atomic mass is 10.2. The maximum Gasteiger partial charge on any atom is 0.242 e. The first-order chi connectivity index (χ1) is 7.54. The maximum absolute atomic E-state index is 11.9. The van der Waals surface area contributed by atoms with Gasteiger partial charge in [0, 0.05) is 18.1 Å². The molecule has 1 aliphatic rings. The molecule has 0 aliphatic carbocycles. The number of hydrogen-bond donors (Lipinski definition) is 2. The zero-order valence-electron chi connectivity index (χ0n) is 8.88. The molecule has 1 aromatic rings. The highest BCUT2D eigenvalue weighted by Crippen LogP contribution is 2.33. The number of rotatable bonds is 3. The van der Waals surface area contributed by atoms with E-state index in [1.807, 2.05) is 6.07 Å². The number of fused-ring (bicyclic) bond motifs is 1. The number of nitrogens with one attached hydrogen (secondary N) is 2. The third-order valence-electron chi connectivity index (χ3n) is 2.47. The molecular weight excluding hydrogens is 248 g/mol. The van der Waals surface area contributed by atoms with Gasteiger partial charge in [0.05, 0.1) is 5.69 Å². The van der Waals surface area contributed by atoms with Crippen molar-refractivity contribution in [3.05, 3.63) is 22.7 Å². The Morgan fingerprint density at radius 3 is 2.94 bits per heavy atom. The average molecular weight is 261 g/mol. The highest BCUT2D eigenvalue weighted by molar-refractivity contribution is 7.89. The monoisotopic (exact) mass is 260 g/mol. The van der Waals surface area contributed by atoms with E-state index in [1.165, 1.54) is 6.07 Å². The molecule has 4 nitrogen and oxygen atoms in total. The van der Waals surface area contributed by atoms with Gasteiger partial charge in [-0.1, -0.05) is 18.5 Å². The summed E-state index contributed by atoms with van der Waals surface area (Å²) in [4.78, 5) is 0.245. The fraction of sp³-hybridized carbons (Fsp3) is 0.400. The predicted octanol–water partition coefficient (Wildman–Crippen LogP) is 1.61. The third-order valence-corrected chi connectivity index (χ3v) is 4.26. The van der Waals surface area contributed by atoms with Crippen LogP contribution in [0.1, 0.15) is 12.5 Å². The van der Waals surface area contributed by atoms with Crippen molar-refractivity contribution in [2.75, 3.05) is 18.4 Å². The van der Waals surface area contributed by atoms with Gasteiger partial charge in [-0.15, -0.1) is 0 Å². The normalized spacial score (nSPS) is 14.6. The largest absolute Gasteiger partial charge is 0.383 e. The Balaban J connectivity index is 2.57. The van der Waals surface area contributed by atoms with Crippen molar-refractivity contribution in [2.45, 2.75) is 18.2 Å². The van der Waals surface area contributed by atoms with E-state index < -0.39 is 10.0 Å². The summed E-state index contributed by atoms with van der Waals surface area (Å²) >= 11 is 5.91. The molecule has 0 unspecified atom stereocenters. The second-order valence-corrected chi connectivity index (χ2v) is 5.79. The Labute approximate surface area is 100 Å². The van der Waals surface area contributed by atoms with Crippen molar-refractivity contribution < 1.29 is 8.42 Å². The molecule has 2 N–H and O–H groups in total. The summed E-state index contributed by atoms with van der Waals surface area (Å²) in [5, 5.41) is 3.54. The van der Waals surface area contributed by atoms with Crippen molar-refractivity contribution in [3.63, 3.8) is 0 Å². The van der Waals surface area contributed by atoms with Crippen LogP contribution in [0.3, 0.4) is 0 Å². The number of anilines is 1. The molecule has 0 saturated carbocycles. The Bertz CT molecular complexity index is 514. The summed E-state index contributed by atoms with van der Waals surface area (Å²) < 4.78 is 26.3. The van der Waals surface area contributed by atoms with Crippen LogP contribution in [-0.4, -0.2) is 21.5 Å². The molecule has 6 heteroatoms. The standard InChI is InChI=1S/C10H13ClN2O2S/c1-2-13-16(14,15)9-6-8(11)5-7-3-4-12-10(7)9/h5-6,12-13H,2-4H2,1H3. The van der Waals surface area contributed by atoms with Gasteiger partial charge in [-0.25, -0.2) is 13.1 Å². The van der Waals surface area contributed by atoms with Gasteiger partial charge in [0.1, 0.15) is 4.90 Å². The molecule has 0 atom stereocenters. The van der Waals surface area contributed by atoms with E-state index in [9.17, 15) is 8.42 Å². The number of hydrogen-bond acceptors (Lipinski definition) is 3. The van der Waals surface area contributed by atoms with Gasteiger partial charge in [0.25, 0.3) is 0 Å². The summed E-state index contributed by atoms with van der Waals surface area (Å²) in [7, 11) is -3.46. The van der Waals surface area contributed by atoms with Crippen LogP contribution in [0.5, 0.6) is 0 Å². The minimum atomic E-state index is -3.46. The lowest BCUT2D eigenvalue weighted by Gasteiger charge is -2.10. The van der Waals surface area contributed by atoms with Crippen LogP contribution in [0.4, 0.5) is 5.69 Å². The van der Waals surface area contributed by atoms with E-state index in [0.29, 0.717) is 17.3 Å². The summed E-state index contributed by atoms with van der Waals surface area (Å²) in [5.74, 6) is 0. The lowest BCUT2D eigenvalue weighted by molar-refractivity contribution is 0.584. The summed E-state index contributed by atoms with van der Waals surface area (Å²) in [6.07, 6.45) is 0.810. The highest BCUT2D eigenvalue weighted by atomic mass is 35.5. The zero-order chi connectivity index (χ0) is 11.8. The maximum atomic E-state index is 11.9. The smallest absolute Gasteiger partial charge is 0.242 e. The Morgan fingerprint density at radius 1 is 1.50 bits per heavy atom. The van der Waals surface area contributed by atoms with Gasteiger partial charge >= 0.3 is 0 Å². The molecule has 0 saturated heterocycles. The van der Waals surface area contributed by atoms with Crippen LogP contribution in [0.15, 0.2) is 17.0 Å². The molecular formula is C10H13ClN2O2S. The fourth-order valence-electron chi connectivity index (χ4n) is 1.84. The van der Waals surface area contributed by atoms with Crippen molar-refractivity contribution in [2.24, 2.45) is 0 Å². The molecule has 16 heavy (non-hydrogen) atoms. The van der Waals surface area contributed by atoms with Gasteiger partial charge in [-0.2, -0.15) is 0 Å². The van der Waals surface area contributed by atoms with Crippen molar-refractivity contribution >= 4 is 27.3 Å². The van der Waals surface area contributed by atoms with Crippen LogP contribution in [0.2, 0.25) is 5.02 Å². The van der Waals surface area contributed by atoms with Crippen LogP contribution in [0.25, 0.3) is 0 Å². The quantitative estimate of drug-likeness (QED) is 0.868. The van der Waals surface area contributed by atoms with E-state index in [0.717, 1.165) is 18.5 Å². The second kappa shape index (κ2) is 4.24. The molecule has 0 aromatic heterocycles. The molecule has 2 rings (SSSR count). The predicted molar refractivity (Wildman–Crippen MR) is 64.5 cm³/mol. The molecule has 88 valence electrons. The molecule has 0 spiro atoms. The lowest BCUT2D eigenvalue weighted by Crippen LogP contribution is -2.24. The van der Waals surface area contributed by atoms with E-state index in [1.54, 1.807) is 6.92 Å². The number of sulfonamides is 1. The molecule has 1 aliphatic heterocycles. The minimum Gasteiger partial charge on any atom is -0.383 e. The molecule has 0 fully saturated rings. The molecule has 0 radical (unpaired) electrons. The third kappa shape index (κ3) is 2.03.